The highest BCUT2D eigenvalue weighted by atomic mass is 16.7. The number of ketones is 2. The molecule has 0 aromatic rings. The molecular weight excluding hydrogens is 388 g/mol. The molecule has 4 heteroatoms. The Bertz CT molecular complexity index is 827. The third-order valence-corrected chi connectivity index (χ3v) is 10.0. The van der Waals surface area contributed by atoms with Gasteiger partial charge in [0.25, 0.3) is 0 Å². The van der Waals surface area contributed by atoms with E-state index in [2.05, 4.69) is 19.9 Å². The van der Waals surface area contributed by atoms with E-state index in [1.54, 1.807) is 24.6 Å². The molecular formula is C27H38O4. The number of fused-ring (bicyclic) bond motifs is 5. The molecule has 4 aliphatic carbocycles. The summed E-state index contributed by atoms with van der Waals surface area (Å²) in [6.45, 7) is 8.53. The molecule has 0 saturated heterocycles. The average molecular weight is 427 g/mol. The first-order valence-electron chi connectivity index (χ1n) is 12.5. The zero-order valence-electron chi connectivity index (χ0n) is 19.6. The number of carbonyl (C=O) groups excluding carboxylic acids is 2. The molecule has 0 amide bonds. The smallest absolute Gasteiger partial charge is 0.184 e. The van der Waals surface area contributed by atoms with Gasteiger partial charge in [0.2, 0.25) is 0 Å². The van der Waals surface area contributed by atoms with Crippen molar-refractivity contribution in [2.24, 2.45) is 34.5 Å². The fourth-order valence-electron chi connectivity index (χ4n) is 8.30. The minimum Gasteiger partial charge on any atom is -0.345 e. The van der Waals surface area contributed by atoms with Crippen molar-refractivity contribution in [1.29, 1.82) is 0 Å². The topological polar surface area (TPSA) is 52.6 Å². The SMILES string of the molecule is CC(=O)[C@H]1CC[C@H]2[C@@H]3CC=C4C[C@@H](O[C@H]5C=CC(=O)[C@H](C)O5)CC[C@]4(C)[C@H]3CC[C@]12C. The third-order valence-electron chi connectivity index (χ3n) is 10.0. The van der Waals surface area contributed by atoms with Crippen molar-refractivity contribution in [2.75, 3.05) is 0 Å². The second kappa shape index (κ2) is 7.66. The summed E-state index contributed by atoms with van der Waals surface area (Å²) in [5, 5.41) is 0. The van der Waals surface area contributed by atoms with E-state index < -0.39 is 12.4 Å². The lowest BCUT2D eigenvalue weighted by Gasteiger charge is -2.58. The Labute approximate surface area is 186 Å². The Morgan fingerprint density at radius 2 is 1.94 bits per heavy atom. The van der Waals surface area contributed by atoms with Gasteiger partial charge < -0.3 is 9.47 Å². The Balaban J connectivity index is 1.31. The molecule has 1 aliphatic heterocycles. The summed E-state index contributed by atoms with van der Waals surface area (Å²) in [6.07, 6.45) is 14.4. The molecule has 5 aliphatic rings. The average Bonchev–Trinajstić information content (AvgIpc) is 3.08. The number of hydrogen-bond donors (Lipinski definition) is 0. The van der Waals surface area contributed by atoms with Crippen molar-refractivity contribution in [3.8, 4) is 0 Å². The number of Topliss-reactive ketones (excluding diaryl/α,β-unsaturated/α-hetero) is 1. The van der Waals surface area contributed by atoms with Gasteiger partial charge in [0.05, 0.1) is 6.10 Å². The molecule has 9 atom stereocenters. The van der Waals surface area contributed by atoms with E-state index in [0.717, 1.165) is 37.5 Å². The molecule has 170 valence electrons. The van der Waals surface area contributed by atoms with Crippen LogP contribution in [0.3, 0.4) is 0 Å². The zero-order valence-corrected chi connectivity index (χ0v) is 19.6. The zero-order chi connectivity index (χ0) is 22.0. The Morgan fingerprint density at radius 3 is 2.68 bits per heavy atom. The highest BCUT2D eigenvalue weighted by molar-refractivity contribution is 5.93. The van der Waals surface area contributed by atoms with E-state index >= 15 is 0 Å². The van der Waals surface area contributed by atoms with Gasteiger partial charge in [-0.15, -0.1) is 0 Å². The van der Waals surface area contributed by atoms with Crippen molar-refractivity contribution < 1.29 is 19.1 Å². The van der Waals surface area contributed by atoms with E-state index in [0.29, 0.717) is 11.7 Å². The van der Waals surface area contributed by atoms with Crippen LogP contribution in [-0.2, 0) is 19.1 Å². The van der Waals surface area contributed by atoms with Crippen molar-refractivity contribution in [1.82, 2.24) is 0 Å². The van der Waals surface area contributed by atoms with E-state index in [1.165, 1.54) is 25.7 Å². The van der Waals surface area contributed by atoms with Gasteiger partial charge in [-0.2, -0.15) is 0 Å². The number of allylic oxidation sites excluding steroid dienone is 1. The normalized spacial score (nSPS) is 49.1. The molecule has 1 heterocycles. The summed E-state index contributed by atoms with van der Waals surface area (Å²) in [6, 6.07) is 0. The van der Waals surface area contributed by atoms with Gasteiger partial charge in [-0.25, -0.2) is 0 Å². The summed E-state index contributed by atoms with van der Waals surface area (Å²) >= 11 is 0. The van der Waals surface area contributed by atoms with Crippen LogP contribution in [0.4, 0.5) is 0 Å². The van der Waals surface area contributed by atoms with Crippen molar-refractivity contribution >= 4 is 11.6 Å². The highest BCUT2D eigenvalue weighted by Crippen LogP contribution is 2.66. The molecule has 0 unspecified atom stereocenters. The van der Waals surface area contributed by atoms with Crippen LogP contribution in [-0.4, -0.2) is 30.1 Å². The number of carbonyl (C=O) groups is 2. The molecule has 0 radical (unpaired) electrons. The maximum absolute atomic E-state index is 12.3. The van der Waals surface area contributed by atoms with Gasteiger partial charge >= 0.3 is 0 Å². The van der Waals surface area contributed by atoms with Gasteiger partial charge in [0.15, 0.2) is 12.1 Å². The molecule has 0 aromatic heterocycles. The summed E-state index contributed by atoms with van der Waals surface area (Å²) in [5.41, 5.74) is 2.07. The van der Waals surface area contributed by atoms with Gasteiger partial charge in [-0.1, -0.05) is 25.5 Å². The van der Waals surface area contributed by atoms with Crippen molar-refractivity contribution in [2.45, 2.75) is 97.6 Å². The first-order chi connectivity index (χ1) is 14.7. The second-order valence-corrected chi connectivity index (χ2v) is 11.5. The number of rotatable bonds is 3. The second-order valence-electron chi connectivity index (χ2n) is 11.5. The molecule has 0 N–H and O–H groups in total. The Morgan fingerprint density at radius 1 is 1.13 bits per heavy atom. The van der Waals surface area contributed by atoms with Crippen molar-refractivity contribution in [3.63, 3.8) is 0 Å². The molecule has 0 bridgehead atoms. The predicted octanol–water partition coefficient (Wildman–Crippen LogP) is 5.41. The minimum atomic E-state index is -0.416. The van der Waals surface area contributed by atoms with Crippen molar-refractivity contribution in [3.05, 3.63) is 23.8 Å². The molecule has 4 nitrogen and oxygen atoms in total. The van der Waals surface area contributed by atoms with Crippen LogP contribution < -0.4 is 0 Å². The van der Waals surface area contributed by atoms with Crippen LogP contribution in [0.15, 0.2) is 23.8 Å². The monoisotopic (exact) mass is 426 g/mol. The van der Waals surface area contributed by atoms with E-state index in [9.17, 15) is 9.59 Å². The summed E-state index contributed by atoms with van der Waals surface area (Å²) < 4.78 is 12.0. The quantitative estimate of drug-likeness (QED) is 0.566. The largest absolute Gasteiger partial charge is 0.345 e. The van der Waals surface area contributed by atoms with Crippen LogP contribution in [0.2, 0.25) is 0 Å². The fourth-order valence-corrected chi connectivity index (χ4v) is 8.30. The van der Waals surface area contributed by atoms with Gasteiger partial charge in [0.1, 0.15) is 11.9 Å². The standard InChI is InChI=1S/C27H38O4/c1-16(28)21-7-8-22-20-6-5-18-15-19(31-25-10-9-24(29)17(2)30-25)11-13-26(18,3)23(20)12-14-27(21,22)4/h5,9-10,17,19-23,25H,6-8,11-15H2,1-4H3/t17-,19-,20-,21+,22-,23-,25-,26-,27+/m0/s1. The lowest BCUT2D eigenvalue weighted by molar-refractivity contribution is -0.181. The number of ether oxygens (including phenoxy) is 2. The molecule has 5 rings (SSSR count). The van der Waals surface area contributed by atoms with Crippen LogP contribution in [0.25, 0.3) is 0 Å². The summed E-state index contributed by atoms with van der Waals surface area (Å²) in [5.74, 6) is 2.86. The van der Waals surface area contributed by atoms with E-state index in [4.69, 9.17) is 9.47 Å². The lowest BCUT2D eigenvalue weighted by atomic mass is 9.47. The predicted molar refractivity (Wildman–Crippen MR) is 119 cm³/mol. The van der Waals surface area contributed by atoms with E-state index in [1.807, 2.05) is 6.92 Å². The minimum absolute atomic E-state index is 0.0142. The first-order valence-corrected chi connectivity index (χ1v) is 12.5. The lowest BCUT2D eigenvalue weighted by Crippen LogP contribution is -2.51. The van der Waals surface area contributed by atoms with Crippen LogP contribution in [0.1, 0.15) is 79.1 Å². The van der Waals surface area contributed by atoms with E-state index in [-0.39, 0.29) is 28.6 Å². The van der Waals surface area contributed by atoms with Crippen LogP contribution in [0.5, 0.6) is 0 Å². The van der Waals surface area contributed by atoms with Gasteiger partial charge in [0, 0.05) is 5.92 Å². The number of hydrogen-bond acceptors (Lipinski definition) is 4. The fraction of sp³-hybridized carbons (Fsp3) is 0.778. The van der Waals surface area contributed by atoms with Crippen LogP contribution >= 0.6 is 0 Å². The molecule has 0 aromatic carbocycles. The first kappa shape index (κ1) is 21.6. The molecule has 3 fully saturated rings. The van der Waals surface area contributed by atoms with Crippen LogP contribution in [0, 0.1) is 34.5 Å². The maximum Gasteiger partial charge on any atom is 0.184 e. The summed E-state index contributed by atoms with van der Waals surface area (Å²) in [7, 11) is 0. The maximum atomic E-state index is 12.3. The van der Waals surface area contributed by atoms with Gasteiger partial charge in [-0.3, -0.25) is 9.59 Å². The molecule has 3 saturated carbocycles. The highest BCUT2D eigenvalue weighted by Gasteiger charge is 2.59. The molecule has 0 spiro atoms. The molecule has 31 heavy (non-hydrogen) atoms. The third kappa shape index (κ3) is 3.40. The Hall–Kier alpha value is -1.26. The Kier molecular flexibility index (Phi) is 5.33. The van der Waals surface area contributed by atoms with Gasteiger partial charge in [-0.05, 0) is 106 Å². The summed E-state index contributed by atoms with van der Waals surface area (Å²) in [4.78, 5) is 24.0.